The third kappa shape index (κ3) is 2.93. The molecule has 1 N–H and O–H groups in total. The van der Waals surface area contributed by atoms with Gasteiger partial charge in [-0.3, -0.25) is 0 Å². The molecular weight excluding hydrogens is 299 g/mol. The van der Waals surface area contributed by atoms with Crippen molar-refractivity contribution in [3.05, 3.63) is 35.8 Å². The Hall–Kier alpha value is -2.42. The number of hydrogen-bond donors (Lipinski definition) is 1. The lowest BCUT2D eigenvalue weighted by molar-refractivity contribution is 0.122. The highest BCUT2D eigenvalue weighted by molar-refractivity contribution is 5.57. The van der Waals surface area contributed by atoms with Crippen LogP contribution in [0.4, 0.5) is 30.6 Å². The summed E-state index contributed by atoms with van der Waals surface area (Å²) in [6, 6.07) is 1.92. The molecule has 22 heavy (non-hydrogen) atoms. The van der Waals surface area contributed by atoms with Crippen molar-refractivity contribution < 1.29 is 17.9 Å². The van der Waals surface area contributed by atoms with Gasteiger partial charge in [-0.05, 0) is 12.1 Å². The largest absolute Gasteiger partial charge is 0.378 e. The number of morpholine rings is 1. The van der Waals surface area contributed by atoms with Crippen LogP contribution in [0.15, 0.2) is 18.3 Å². The van der Waals surface area contributed by atoms with Crippen LogP contribution in [0.3, 0.4) is 0 Å². The Kier molecular flexibility index (Phi) is 4.05. The SMILES string of the molecule is Fc1ccc(Nc2cnnc(N3CCOCC3)n2)c(F)c1F. The average molecular weight is 311 g/mol. The molecule has 1 aromatic heterocycles. The highest BCUT2D eigenvalue weighted by atomic mass is 19.2. The van der Waals surface area contributed by atoms with Crippen molar-refractivity contribution in [3.63, 3.8) is 0 Å². The molecule has 0 bridgehead atoms. The third-order valence-corrected chi connectivity index (χ3v) is 3.14. The molecule has 1 fully saturated rings. The zero-order valence-corrected chi connectivity index (χ0v) is 11.4. The Balaban J connectivity index is 1.82. The summed E-state index contributed by atoms with van der Waals surface area (Å²) in [5.74, 6) is -3.57. The summed E-state index contributed by atoms with van der Waals surface area (Å²) in [7, 11) is 0. The number of nitrogens with zero attached hydrogens (tertiary/aromatic N) is 4. The molecule has 0 saturated carbocycles. The molecule has 3 rings (SSSR count). The maximum atomic E-state index is 13.6. The van der Waals surface area contributed by atoms with E-state index in [9.17, 15) is 13.2 Å². The van der Waals surface area contributed by atoms with Gasteiger partial charge in [0, 0.05) is 13.1 Å². The summed E-state index contributed by atoms with van der Waals surface area (Å²) in [4.78, 5) is 6.05. The van der Waals surface area contributed by atoms with Gasteiger partial charge in [0.25, 0.3) is 0 Å². The summed E-state index contributed by atoms with van der Waals surface area (Å²) in [5.41, 5.74) is -0.229. The van der Waals surface area contributed by atoms with Crippen molar-refractivity contribution in [2.45, 2.75) is 0 Å². The van der Waals surface area contributed by atoms with Crippen LogP contribution in [0, 0.1) is 17.5 Å². The number of hydrogen-bond acceptors (Lipinski definition) is 6. The van der Waals surface area contributed by atoms with Gasteiger partial charge in [-0.15, -0.1) is 5.10 Å². The smallest absolute Gasteiger partial charge is 0.247 e. The van der Waals surface area contributed by atoms with E-state index in [0.29, 0.717) is 32.3 Å². The first kappa shape index (κ1) is 14.5. The van der Waals surface area contributed by atoms with Crippen LogP contribution in [-0.2, 0) is 4.74 Å². The highest BCUT2D eigenvalue weighted by Gasteiger charge is 2.17. The van der Waals surface area contributed by atoms with Crippen LogP contribution >= 0.6 is 0 Å². The van der Waals surface area contributed by atoms with Crippen LogP contribution in [0.25, 0.3) is 0 Å². The molecule has 2 aromatic rings. The molecule has 1 saturated heterocycles. The summed E-state index contributed by atoms with van der Waals surface area (Å²) >= 11 is 0. The molecule has 0 atom stereocenters. The van der Waals surface area contributed by atoms with Crippen LogP contribution in [0.5, 0.6) is 0 Å². The van der Waals surface area contributed by atoms with E-state index in [1.165, 1.54) is 6.20 Å². The first-order chi connectivity index (χ1) is 10.6. The predicted molar refractivity (Wildman–Crippen MR) is 72.5 cm³/mol. The zero-order valence-electron chi connectivity index (χ0n) is 11.4. The molecular formula is C13H12F3N5O. The molecule has 0 radical (unpaired) electrons. The Bertz CT molecular complexity index is 679. The molecule has 116 valence electrons. The maximum absolute atomic E-state index is 13.6. The number of nitrogens with one attached hydrogen (secondary N) is 1. The van der Waals surface area contributed by atoms with Crippen molar-refractivity contribution in [1.29, 1.82) is 0 Å². The fraction of sp³-hybridized carbons (Fsp3) is 0.308. The molecule has 1 aliphatic rings. The number of ether oxygens (including phenoxy) is 1. The first-order valence-corrected chi connectivity index (χ1v) is 6.58. The van der Waals surface area contributed by atoms with Crippen molar-refractivity contribution in [2.75, 3.05) is 36.5 Å². The quantitative estimate of drug-likeness (QED) is 0.873. The topological polar surface area (TPSA) is 63.2 Å². The normalized spacial score (nSPS) is 15.0. The van der Waals surface area contributed by atoms with E-state index in [1.807, 2.05) is 4.90 Å². The van der Waals surface area contributed by atoms with Crippen LogP contribution < -0.4 is 10.2 Å². The Labute approximate surface area is 123 Å². The summed E-state index contributed by atoms with van der Waals surface area (Å²) in [5, 5.41) is 10.2. The van der Waals surface area contributed by atoms with Gasteiger partial charge in [0.1, 0.15) is 0 Å². The molecule has 1 aliphatic heterocycles. The molecule has 0 unspecified atom stereocenters. The van der Waals surface area contributed by atoms with Crippen molar-refractivity contribution >= 4 is 17.5 Å². The third-order valence-electron chi connectivity index (χ3n) is 3.14. The lowest BCUT2D eigenvalue weighted by Gasteiger charge is -2.26. The maximum Gasteiger partial charge on any atom is 0.247 e. The van der Waals surface area contributed by atoms with Crippen molar-refractivity contribution in [1.82, 2.24) is 15.2 Å². The lowest BCUT2D eigenvalue weighted by Crippen LogP contribution is -2.37. The molecule has 6 nitrogen and oxygen atoms in total. The van der Waals surface area contributed by atoms with Crippen molar-refractivity contribution in [2.24, 2.45) is 0 Å². The first-order valence-electron chi connectivity index (χ1n) is 6.58. The number of benzene rings is 1. The predicted octanol–water partition coefficient (Wildman–Crippen LogP) is 1.87. The monoisotopic (exact) mass is 311 g/mol. The van der Waals surface area contributed by atoms with Crippen LogP contribution in [0.2, 0.25) is 0 Å². The van der Waals surface area contributed by atoms with Gasteiger partial charge >= 0.3 is 0 Å². The van der Waals surface area contributed by atoms with Crippen molar-refractivity contribution in [3.8, 4) is 0 Å². The number of aromatic nitrogens is 3. The van der Waals surface area contributed by atoms with Gasteiger partial charge in [0.05, 0.1) is 25.1 Å². The zero-order chi connectivity index (χ0) is 15.5. The molecule has 0 amide bonds. The molecule has 9 heteroatoms. The summed E-state index contributed by atoms with van der Waals surface area (Å²) in [6.07, 6.45) is 1.27. The minimum Gasteiger partial charge on any atom is -0.378 e. The fourth-order valence-electron chi connectivity index (χ4n) is 2.01. The second-order valence-corrected chi connectivity index (χ2v) is 4.59. The summed E-state index contributed by atoms with van der Waals surface area (Å²) in [6.45, 7) is 2.34. The van der Waals surface area contributed by atoms with E-state index < -0.39 is 17.5 Å². The minimum absolute atomic E-state index is 0.182. The standard InChI is InChI=1S/C13H12F3N5O/c14-8-1-2-9(12(16)11(8)15)18-10-7-17-20-13(19-10)21-3-5-22-6-4-21/h1-2,7H,3-6H2,(H,18,19,20). The van der Waals surface area contributed by atoms with E-state index in [2.05, 4.69) is 20.5 Å². The molecule has 0 spiro atoms. The van der Waals surface area contributed by atoms with Gasteiger partial charge < -0.3 is 15.0 Å². The highest BCUT2D eigenvalue weighted by Crippen LogP contribution is 2.23. The Morgan fingerprint density at radius 1 is 1.09 bits per heavy atom. The van der Waals surface area contributed by atoms with Gasteiger partial charge in [-0.25, -0.2) is 13.2 Å². The fourth-order valence-corrected chi connectivity index (χ4v) is 2.01. The van der Waals surface area contributed by atoms with E-state index in [0.717, 1.165) is 12.1 Å². The van der Waals surface area contributed by atoms with Gasteiger partial charge in [0.2, 0.25) is 5.95 Å². The number of halogens is 3. The summed E-state index contributed by atoms with van der Waals surface area (Å²) < 4.78 is 45.0. The van der Waals surface area contributed by atoms with E-state index in [-0.39, 0.29) is 11.5 Å². The molecule has 2 heterocycles. The lowest BCUT2D eigenvalue weighted by atomic mass is 10.3. The van der Waals surface area contributed by atoms with Gasteiger partial charge in [0.15, 0.2) is 23.3 Å². The Morgan fingerprint density at radius 3 is 2.64 bits per heavy atom. The number of anilines is 3. The van der Waals surface area contributed by atoms with Gasteiger partial charge in [-0.1, -0.05) is 0 Å². The molecule has 1 aromatic carbocycles. The van der Waals surface area contributed by atoms with Gasteiger partial charge in [-0.2, -0.15) is 10.1 Å². The second kappa shape index (κ2) is 6.14. The number of rotatable bonds is 3. The minimum atomic E-state index is -1.54. The second-order valence-electron chi connectivity index (χ2n) is 4.59. The van der Waals surface area contributed by atoms with E-state index >= 15 is 0 Å². The average Bonchev–Trinajstić information content (AvgIpc) is 2.57. The van der Waals surface area contributed by atoms with E-state index in [4.69, 9.17) is 4.74 Å². The van der Waals surface area contributed by atoms with Crippen LogP contribution in [-0.4, -0.2) is 41.5 Å². The Morgan fingerprint density at radius 2 is 1.86 bits per heavy atom. The molecule has 0 aliphatic carbocycles. The van der Waals surface area contributed by atoms with Crippen LogP contribution in [0.1, 0.15) is 0 Å². The van der Waals surface area contributed by atoms with E-state index in [1.54, 1.807) is 0 Å².